The van der Waals surface area contributed by atoms with Crippen molar-refractivity contribution in [1.82, 2.24) is 0 Å². The molecule has 0 aliphatic carbocycles. The Bertz CT molecular complexity index is 647. The summed E-state index contributed by atoms with van der Waals surface area (Å²) in [5.74, 6) is -0.170. The number of hydrogen-bond donors (Lipinski definition) is 2. The normalized spacial score (nSPS) is 12.4. The lowest BCUT2D eigenvalue weighted by atomic mass is 10.3. The maximum Gasteiger partial charge on any atom is 0.238 e. The van der Waals surface area contributed by atoms with Gasteiger partial charge in [0.15, 0.2) is 0 Å². The monoisotopic (exact) mass is 332 g/mol. The third-order valence-electron chi connectivity index (χ3n) is 1.98. The van der Waals surface area contributed by atoms with Crippen LogP contribution in [-0.2, 0) is 20.0 Å². The number of nitrogens with one attached hydrogen (secondary N) is 1. The maximum atomic E-state index is 11.4. The second-order valence-electron chi connectivity index (χ2n) is 3.31. The lowest BCUT2D eigenvalue weighted by Crippen LogP contribution is -2.16. The molecule has 6 nitrogen and oxygen atoms in total. The Balaban J connectivity index is 3.35. The third kappa shape index (κ3) is 3.72. The molecular weight excluding hydrogens is 323 g/mol. The van der Waals surface area contributed by atoms with Crippen LogP contribution in [0.25, 0.3) is 0 Å². The number of halogens is 2. The zero-order valence-corrected chi connectivity index (χ0v) is 12.3. The fourth-order valence-electron chi connectivity index (χ4n) is 1.04. The highest BCUT2D eigenvalue weighted by Gasteiger charge is 2.17. The van der Waals surface area contributed by atoms with E-state index in [2.05, 4.69) is 4.72 Å². The summed E-state index contributed by atoms with van der Waals surface area (Å²) in [7, 11) is -7.53. The van der Waals surface area contributed by atoms with Crippen LogP contribution >= 0.6 is 23.2 Å². The predicted molar refractivity (Wildman–Crippen MR) is 70.9 cm³/mol. The quantitative estimate of drug-likeness (QED) is 0.868. The predicted octanol–water partition coefficient (Wildman–Crippen LogP) is 1.40. The van der Waals surface area contributed by atoms with Gasteiger partial charge < -0.3 is 0 Å². The summed E-state index contributed by atoms with van der Waals surface area (Å²) in [6.45, 7) is 1.43. The number of anilines is 1. The molecule has 0 unspecified atom stereocenters. The van der Waals surface area contributed by atoms with Gasteiger partial charge in [-0.25, -0.2) is 22.0 Å². The Labute approximate surface area is 115 Å². The van der Waals surface area contributed by atoms with Crippen molar-refractivity contribution in [1.29, 1.82) is 0 Å². The summed E-state index contributed by atoms with van der Waals surface area (Å²) >= 11 is 11.5. The first-order chi connectivity index (χ1) is 8.07. The molecule has 0 aromatic heterocycles. The Morgan fingerprint density at radius 2 is 1.61 bits per heavy atom. The molecule has 0 atom stereocenters. The summed E-state index contributed by atoms with van der Waals surface area (Å²) in [6.07, 6.45) is 0. The molecule has 1 aromatic rings. The summed E-state index contributed by atoms with van der Waals surface area (Å²) in [5.41, 5.74) is -0.0763. The van der Waals surface area contributed by atoms with Crippen LogP contribution < -0.4 is 9.86 Å². The van der Waals surface area contributed by atoms with E-state index in [1.165, 1.54) is 6.92 Å². The van der Waals surface area contributed by atoms with Crippen LogP contribution in [0.2, 0.25) is 10.0 Å². The maximum absolute atomic E-state index is 11.4. The van der Waals surface area contributed by atoms with Gasteiger partial charge in [-0.05, 0) is 19.1 Å². The first-order valence-corrected chi connectivity index (χ1v) is 8.54. The van der Waals surface area contributed by atoms with Crippen molar-refractivity contribution >= 4 is 48.9 Å². The van der Waals surface area contributed by atoms with Gasteiger partial charge in [0.1, 0.15) is 0 Å². The van der Waals surface area contributed by atoms with Gasteiger partial charge in [0.2, 0.25) is 20.0 Å². The number of hydrogen-bond acceptors (Lipinski definition) is 4. The summed E-state index contributed by atoms with van der Waals surface area (Å²) in [5, 5.41) is 4.62. The molecule has 0 heterocycles. The fourth-order valence-corrected chi connectivity index (χ4v) is 3.10. The molecule has 0 spiro atoms. The molecule has 3 N–H and O–H groups in total. The van der Waals surface area contributed by atoms with E-state index < -0.39 is 20.0 Å². The van der Waals surface area contributed by atoms with Crippen LogP contribution in [0.15, 0.2) is 17.0 Å². The Hall–Kier alpha value is -0.540. The second-order valence-corrected chi connectivity index (χ2v) is 7.70. The number of nitrogens with two attached hydrogens (primary N) is 1. The number of primary sulfonamides is 1. The average molecular weight is 333 g/mol. The van der Waals surface area contributed by atoms with Crippen molar-refractivity contribution in [2.24, 2.45) is 5.14 Å². The molecule has 10 heteroatoms. The fraction of sp³-hybridized carbons (Fsp3) is 0.250. The van der Waals surface area contributed by atoms with Crippen molar-refractivity contribution in [2.75, 3.05) is 10.5 Å². The van der Waals surface area contributed by atoms with Crippen molar-refractivity contribution in [3.63, 3.8) is 0 Å². The molecular formula is C8H10Cl2N2O4S2. The summed E-state index contributed by atoms with van der Waals surface area (Å²) in [4.78, 5) is -0.294. The van der Waals surface area contributed by atoms with Crippen LogP contribution in [0.1, 0.15) is 6.92 Å². The SMILES string of the molecule is CCS(=O)(=O)Nc1c(Cl)cc(S(N)(=O)=O)cc1Cl. The van der Waals surface area contributed by atoms with Crippen LogP contribution in [0, 0.1) is 0 Å². The smallest absolute Gasteiger partial charge is 0.238 e. The molecule has 1 rings (SSSR count). The van der Waals surface area contributed by atoms with E-state index in [1.807, 2.05) is 0 Å². The molecule has 0 radical (unpaired) electrons. The van der Waals surface area contributed by atoms with Crippen LogP contribution in [0.5, 0.6) is 0 Å². The second kappa shape index (κ2) is 5.22. The zero-order valence-electron chi connectivity index (χ0n) is 9.14. The minimum atomic E-state index is -3.96. The van der Waals surface area contributed by atoms with Crippen molar-refractivity contribution < 1.29 is 16.8 Å². The number of rotatable bonds is 4. The van der Waals surface area contributed by atoms with Gasteiger partial charge in [-0.15, -0.1) is 0 Å². The third-order valence-corrected chi connectivity index (χ3v) is 4.75. The van der Waals surface area contributed by atoms with Crippen molar-refractivity contribution in [3.8, 4) is 0 Å². The molecule has 1 aromatic carbocycles. The van der Waals surface area contributed by atoms with Gasteiger partial charge in [0, 0.05) is 0 Å². The van der Waals surface area contributed by atoms with E-state index in [0.717, 1.165) is 12.1 Å². The summed E-state index contributed by atoms with van der Waals surface area (Å²) < 4.78 is 47.1. The molecule has 0 saturated carbocycles. The van der Waals surface area contributed by atoms with E-state index in [1.54, 1.807) is 0 Å². The van der Waals surface area contributed by atoms with Gasteiger partial charge in [-0.2, -0.15) is 0 Å². The molecule has 0 bridgehead atoms. The largest absolute Gasteiger partial charge is 0.281 e. The highest BCUT2D eigenvalue weighted by atomic mass is 35.5. The zero-order chi connectivity index (χ0) is 14.1. The molecule has 0 fully saturated rings. The van der Waals surface area contributed by atoms with E-state index in [9.17, 15) is 16.8 Å². The molecule has 0 aliphatic rings. The van der Waals surface area contributed by atoms with Crippen molar-refractivity contribution in [2.45, 2.75) is 11.8 Å². The van der Waals surface area contributed by atoms with Gasteiger partial charge in [-0.3, -0.25) is 4.72 Å². The van der Waals surface area contributed by atoms with Gasteiger partial charge >= 0.3 is 0 Å². The molecule has 102 valence electrons. The van der Waals surface area contributed by atoms with Gasteiger partial charge in [0.25, 0.3) is 0 Å². The Kier molecular flexibility index (Phi) is 4.50. The molecule has 0 aliphatic heterocycles. The first kappa shape index (κ1) is 15.5. The average Bonchev–Trinajstić information content (AvgIpc) is 2.22. The highest BCUT2D eigenvalue weighted by Crippen LogP contribution is 2.33. The van der Waals surface area contributed by atoms with Crippen LogP contribution in [-0.4, -0.2) is 22.6 Å². The molecule has 0 saturated heterocycles. The minimum Gasteiger partial charge on any atom is -0.281 e. The standard InChI is InChI=1S/C8H10Cl2N2O4S2/c1-2-17(13,14)12-8-6(9)3-5(4-7(8)10)18(11,15)16/h3-4,12H,2H2,1H3,(H2,11,15,16). The van der Waals surface area contributed by atoms with Gasteiger partial charge in [-0.1, -0.05) is 23.2 Å². The first-order valence-electron chi connectivity index (χ1n) is 4.59. The van der Waals surface area contributed by atoms with Crippen LogP contribution in [0.4, 0.5) is 5.69 Å². The Morgan fingerprint density at radius 1 is 1.17 bits per heavy atom. The van der Waals surface area contributed by atoms with Crippen molar-refractivity contribution in [3.05, 3.63) is 22.2 Å². The topological polar surface area (TPSA) is 106 Å². The molecule has 18 heavy (non-hydrogen) atoms. The van der Waals surface area contributed by atoms with E-state index in [4.69, 9.17) is 28.3 Å². The highest BCUT2D eigenvalue weighted by molar-refractivity contribution is 7.92. The van der Waals surface area contributed by atoms with E-state index in [0.29, 0.717) is 0 Å². The Morgan fingerprint density at radius 3 is 1.94 bits per heavy atom. The number of sulfonamides is 2. The van der Waals surface area contributed by atoms with E-state index >= 15 is 0 Å². The lowest BCUT2D eigenvalue weighted by Gasteiger charge is -2.11. The minimum absolute atomic E-state index is 0.0763. The van der Waals surface area contributed by atoms with Gasteiger partial charge in [0.05, 0.1) is 26.4 Å². The summed E-state index contributed by atoms with van der Waals surface area (Å²) in [6, 6.07) is 2.05. The lowest BCUT2D eigenvalue weighted by molar-refractivity contribution is 0.597. The van der Waals surface area contributed by atoms with E-state index in [-0.39, 0.29) is 26.4 Å². The molecule has 0 amide bonds. The number of benzene rings is 1. The van der Waals surface area contributed by atoms with Crippen LogP contribution in [0.3, 0.4) is 0 Å².